The van der Waals surface area contributed by atoms with Gasteiger partial charge in [-0.05, 0) is 75.5 Å². The van der Waals surface area contributed by atoms with Crippen molar-refractivity contribution in [2.45, 2.75) is 83.3 Å². The van der Waals surface area contributed by atoms with E-state index in [-0.39, 0.29) is 17.6 Å². The Labute approximate surface area is 196 Å². The van der Waals surface area contributed by atoms with Gasteiger partial charge >= 0.3 is 7.12 Å². The second-order valence-corrected chi connectivity index (χ2v) is 10.9. The standard InChI is InChI=1S/C27H33BFNO3/c1-17-11-16-21-23(22(17)29)30-24(31)27(21,18-9-7-6-8-10-18)19-12-14-20(15-13-19)28-32-25(2,3)26(4,5)33-28/h11-16,18H,6-10H2,1-5H3,(H,30,31). The molecule has 2 aromatic carbocycles. The van der Waals surface area contributed by atoms with Crippen molar-refractivity contribution in [1.29, 1.82) is 0 Å². The molecule has 0 bridgehead atoms. The number of fused-ring (bicyclic) bond motifs is 1. The van der Waals surface area contributed by atoms with Crippen LogP contribution in [0, 0.1) is 18.7 Å². The van der Waals surface area contributed by atoms with Crippen LogP contribution in [0.4, 0.5) is 10.1 Å². The first-order valence-electron chi connectivity index (χ1n) is 12.1. The minimum atomic E-state index is -0.876. The summed E-state index contributed by atoms with van der Waals surface area (Å²) in [6, 6.07) is 11.8. The SMILES string of the molecule is Cc1ccc2c(c1F)NC(=O)C2(c1ccc(B2OC(C)(C)C(C)(C)O2)cc1)C1CCCCC1. The molecule has 174 valence electrons. The Hall–Kier alpha value is -2.18. The molecule has 1 atom stereocenters. The third-order valence-corrected chi connectivity index (χ3v) is 8.47. The molecule has 1 saturated carbocycles. The molecule has 4 nitrogen and oxygen atoms in total. The van der Waals surface area contributed by atoms with Gasteiger partial charge in [0.05, 0.1) is 16.9 Å². The Balaban J connectivity index is 1.59. The van der Waals surface area contributed by atoms with Gasteiger partial charge in [-0.2, -0.15) is 0 Å². The molecule has 1 N–H and O–H groups in total. The van der Waals surface area contributed by atoms with E-state index in [1.165, 1.54) is 6.42 Å². The molecule has 2 aromatic rings. The zero-order chi connectivity index (χ0) is 23.6. The number of hydrogen-bond donors (Lipinski definition) is 1. The van der Waals surface area contributed by atoms with Crippen LogP contribution in [-0.4, -0.2) is 24.2 Å². The maximum absolute atomic E-state index is 15.1. The molecule has 2 heterocycles. The van der Waals surface area contributed by atoms with Crippen LogP contribution in [0.2, 0.25) is 0 Å². The number of nitrogens with one attached hydrogen (secondary N) is 1. The number of carbonyl (C=O) groups is 1. The van der Waals surface area contributed by atoms with Gasteiger partial charge in [0.25, 0.3) is 0 Å². The van der Waals surface area contributed by atoms with Gasteiger partial charge in [0.15, 0.2) is 0 Å². The van der Waals surface area contributed by atoms with Crippen LogP contribution in [0.5, 0.6) is 0 Å². The largest absolute Gasteiger partial charge is 0.494 e. The molecule has 0 spiro atoms. The monoisotopic (exact) mass is 449 g/mol. The Morgan fingerprint density at radius 3 is 2.15 bits per heavy atom. The van der Waals surface area contributed by atoms with Gasteiger partial charge < -0.3 is 14.6 Å². The summed E-state index contributed by atoms with van der Waals surface area (Å²) in [4.78, 5) is 13.7. The first-order chi connectivity index (χ1) is 15.6. The van der Waals surface area contributed by atoms with Gasteiger partial charge in [-0.3, -0.25) is 4.79 Å². The number of rotatable bonds is 3. The number of halogens is 1. The third-order valence-electron chi connectivity index (χ3n) is 8.47. The molecule has 1 saturated heterocycles. The second kappa shape index (κ2) is 7.67. The fourth-order valence-electron chi connectivity index (χ4n) is 5.81. The van der Waals surface area contributed by atoms with Gasteiger partial charge in [0.2, 0.25) is 5.91 Å². The van der Waals surface area contributed by atoms with Crippen molar-refractivity contribution in [2.24, 2.45) is 5.92 Å². The highest BCUT2D eigenvalue weighted by atomic mass is 19.1. The van der Waals surface area contributed by atoms with Gasteiger partial charge in [-0.1, -0.05) is 55.7 Å². The van der Waals surface area contributed by atoms with Crippen LogP contribution in [0.15, 0.2) is 36.4 Å². The van der Waals surface area contributed by atoms with Gasteiger partial charge in [-0.15, -0.1) is 0 Å². The summed E-state index contributed by atoms with van der Waals surface area (Å²) in [6.45, 7) is 9.89. The minimum Gasteiger partial charge on any atom is -0.399 e. The Kier molecular flexibility index (Phi) is 5.26. The van der Waals surface area contributed by atoms with Crippen molar-refractivity contribution in [1.82, 2.24) is 0 Å². The van der Waals surface area contributed by atoms with E-state index in [0.717, 1.165) is 42.3 Å². The van der Waals surface area contributed by atoms with Crippen molar-refractivity contribution < 1.29 is 18.5 Å². The predicted molar refractivity (Wildman–Crippen MR) is 129 cm³/mol. The lowest BCUT2D eigenvalue weighted by atomic mass is 9.61. The van der Waals surface area contributed by atoms with Crippen molar-refractivity contribution in [2.75, 3.05) is 5.32 Å². The molecule has 5 rings (SSSR count). The lowest BCUT2D eigenvalue weighted by Gasteiger charge is -2.39. The van der Waals surface area contributed by atoms with Crippen LogP contribution in [0.3, 0.4) is 0 Å². The molecule has 3 aliphatic rings. The van der Waals surface area contributed by atoms with Gasteiger partial charge in [0.1, 0.15) is 11.2 Å². The van der Waals surface area contributed by atoms with E-state index in [0.29, 0.717) is 11.3 Å². The molecule has 1 aliphatic carbocycles. The fraction of sp³-hybridized carbons (Fsp3) is 0.519. The van der Waals surface area contributed by atoms with Crippen LogP contribution < -0.4 is 10.8 Å². The molecule has 2 fully saturated rings. The topological polar surface area (TPSA) is 47.6 Å². The maximum atomic E-state index is 15.1. The van der Waals surface area contributed by atoms with E-state index in [1.807, 2.05) is 58.0 Å². The predicted octanol–water partition coefficient (Wildman–Crippen LogP) is 5.25. The summed E-state index contributed by atoms with van der Waals surface area (Å²) in [5.41, 5.74) is 1.78. The molecule has 0 radical (unpaired) electrons. The highest BCUT2D eigenvalue weighted by Crippen LogP contribution is 2.53. The average molecular weight is 449 g/mol. The lowest BCUT2D eigenvalue weighted by molar-refractivity contribution is -0.121. The molecule has 1 amide bonds. The van der Waals surface area contributed by atoms with Crippen molar-refractivity contribution in [3.63, 3.8) is 0 Å². The zero-order valence-electron chi connectivity index (χ0n) is 20.3. The average Bonchev–Trinajstić information content (AvgIpc) is 3.21. The molecular formula is C27H33BFNO3. The fourth-order valence-corrected chi connectivity index (χ4v) is 5.81. The van der Waals surface area contributed by atoms with E-state index in [9.17, 15) is 4.79 Å². The second-order valence-electron chi connectivity index (χ2n) is 10.9. The number of anilines is 1. The molecule has 33 heavy (non-hydrogen) atoms. The van der Waals surface area contributed by atoms with E-state index in [2.05, 4.69) is 5.32 Å². The van der Waals surface area contributed by atoms with Gasteiger partial charge in [0, 0.05) is 0 Å². The first kappa shape index (κ1) is 22.6. The number of amides is 1. The Bertz CT molecular complexity index is 1080. The third kappa shape index (κ3) is 3.29. The van der Waals surface area contributed by atoms with E-state index >= 15 is 4.39 Å². The summed E-state index contributed by atoms with van der Waals surface area (Å²) in [5.74, 6) is -0.304. The minimum absolute atomic E-state index is 0.114. The van der Waals surface area contributed by atoms with Crippen molar-refractivity contribution >= 4 is 24.2 Å². The smallest absolute Gasteiger partial charge is 0.399 e. The summed E-state index contributed by atoms with van der Waals surface area (Å²) >= 11 is 0. The summed E-state index contributed by atoms with van der Waals surface area (Å²) in [6.07, 6.45) is 5.29. The van der Waals surface area contributed by atoms with Gasteiger partial charge in [-0.25, -0.2) is 4.39 Å². The van der Waals surface area contributed by atoms with E-state index in [4.69, 9.17) is 9.31 Å². The number of benzene rings is 2. The van der Waals surface area contributed by atoms with Crippen LogP contribution >= 0.6 is 0 Å². The van der Waals surface area contributed by atoms with Crippen molar-refractivity contribution in [3.8, 4) is 0 Å². The molecule has 1 unspecified atom stereocenters. The lowest BCUT2D eigenvalue weighted by Crippen LogP contribution is -2.44. The summed E-state index contributed by atoms with van der Waals surface area (Å²) in [5, 5.41) is 2.92. The summed E-state index contributed by atoms with van der Waals surface area (Å²) in [7, 11) is -0.459. The number of aryl methyl sites for hydroxylation is 1. The normalized spacial score (nSPS) is 26.4. The Morgan fingerprint density at radius 2 is 1.55 bits per heavy atom. The maximum Gasteiger partial charge on any atom is 0.494 e. The molecule has 2 aliphatic heterocycles. The molecular weight excluding hydrogens is 416 g/mol. The highest BCUT2D eigenvalue weighted by molar-refractivity contribution is 6.62. The molecule has 0 aromatic heterocycles. The van der Waals surface area contributed by atoms with E-state index in [1.54, 1.807) is 13.0 Å². The van der Waals surface area contributed by atoms with E-state index < -0.39 is 23.7 Å². The van der Waals surface area contributed by atoms with Crippen LogP contribution in [0.25, 0.3) is 0 Å². The van der Waals surface area contributed by atoms with Crippen LogP contribution in [0.1, 0.15) is 76.5 Å². The number of hydrogen-bond acceptors (Lipinski definition) is 3. The molecule has 6 heteroatoms. The Morgan fingerprint density at radius 1 is 0.939 bits per heavy atom. The quantitative estimate of drug-likeness (QED) is 0.651. The highest BCUT2D eigenvalue weighted by Gasteiger charge is 2.55. The number of carbonyl (C=O) groups excluding carboxylic acids is 1. The summed E-state index contributed by atoms with van der Waals surface area (Å²) < 4.78 is 27.5. The van der Waals surface area contributed by atoms with Crippen LogP contribution in [-0.2, 0) is 19.5 Å². The van der Waals surface area contributed by atoms with Crippen molar-refractivity contribution in [3.05, 3.63) is 58.9 Å². The zero-order valence-corrected chi connectivity index (χ0v) is 20.3. The first-order valence-corrected chi connectivity index (χ1v) is 12.1.